The Morgan fingerprint density at radius 1 is 1.00 bits per heavy atom. The van der Waals surface area contributed by atoms with Gasteiger partial charge in [0.25, 0.3) is 0 Å². The average molecular weight is 508 g/mol. The van der Waals surface area contributed by atoms with Crippen molar-refractivity contribution in [2.45, 2.75) is 0 Å². The molecule has 0 bridgehead atoms. The van der Waals surface area contributed by atoms with Gasteiger partial charge in [0.1, 0.15) is 5.75 Å². The molecule has 0 aromatic heterocycles. The molecule has 0 aliphatic carbocycles. The summed E-state index contributed by atoms with van der Waals surface area (Å²) in [5, 5.41) is 8.66. The molecule has 2 rings (SSSR count). The van der Waals surface area contributed by atoms with Crippen molar-refractivity contribution >= 4 is 56.9 Å². The van der Waals surface area contributed by atoms with Gasteiger partial charge in [-0.05, 0) is 57.3 Å². The zero-order valence-electron chi connectivity index (χ0n) is 10.7. The molecule has 4 nitrogen and oxygen atoms in total. The highest BCUT2D eigenvalue weighted by atomic mass is 127. The first-order valence-corrected chi connectivity index (χ1v) is 8.08. The van der Waals surface area contributed by atoms with E-state index in [9.17, 15) is 9.59 Å². The molecule has 0 spiro atoms. The van der Waals surface area contributed by atoms with Crippen molar-refractivity contribution in [3.05, 3.63) is 60.7 Å². The van der Waals surface area contributed by atoms with Gasteiger partial charge in [-0.1, -0.05) is 30.3 Å². The van der Waals surface area contributed by atoms with Crippen LogP contribution in [0.1, 0.15) is 15.9 Å². The third-order valence-electron chi connectivity index (χ3n) is 2.64. The minimum absolute atomic E-state index is 0.0729. The van der Waals surface area contributed by atoms with Gasteiger partial charge in [-0.15, -0.1) is 0 Å². The lowest BCUT2D eigenvalue weighted by Gasteiger charge is -2.10. The number of carboxylic acid groups (broad SMARTS) is 1. The molecule has 0 unspecified atom stereocenters. The number of benzene rings is 2. The van der Waals surface area contributed by atoms with Crippen molar-refractivity contribution in [3.63, 3.8) is 0 Å². The maximum atomic E-state index is 12.4. The number of hydrogen-bond acceptors (Lipinski definition) is 3. The molecule has 0 amide bonds. The van der Waals surface area contributed by atoms with Crippen molar-refractivity contribution < 1.29 is 19.4 Å². The Balaban J connectivity index is 2.31. The van der Waals surface area contributed by atoms with E-state index in [0.717, 1.165) is 0 Å². The number of carbonyl (C=O) groups is 2. The smallest absolute Gasteiger partial charge is 0.341 e. The molecule has 6 heteroatoms. The fourth-order valence-electron chi connectivity index (χ4n) is 1.72. The van der Waals surface area contributed by atoms with Crippen LogP contribution in [0.25, 0.3) is 0 Å². The quantitative estimate of drug-likeness (QED) is 0.496. The predicted octanol–water partition coefficient (Wildman–Crippen LogP) is 3.59. The molecule has 2 aromatic rings. The van der Waals surface area contributed by atoms with Gasteiger partial charge in [0.2, 0.25) is 0 Å². The molecule has 0 atom stereocenters. The van der Waals surface area contributed by atoms with E-state index >= 15 is 0 Å². The van der Waals surface area contributed by atoms with Crippen molar-refractivity contribution in [1.82, 2.24) is 0 Å². The number of rotatable bonds is 5. The number of aliphatic carboxylic acids is 1. The number of ether oxygens (including phenoxy) is 1. The van der Waals surface area contributed by atoms with E-state index < -0.39 is 12.6 Å². The van der Waals surface area contributed by atoms with Crippen LogP contribution in [-0.4, -0.2) is 23.5 Å². The van der Waals surface area contributed by atoms with E-state index in [1.54, 1.807) is 24.3 Å². The molecule has 108 valence electrons. The van der Waals surface area contributed by atoms with Crippen LogP contribution in [0.4, 0.5) is 0 Å². The SMILES string of the molecule is O=C(O)COc1c(I)cc(C(=O)c2ccccc2)cc1I. The molecule has 2 aromatic carbocycles. The summed E-state index contributed by atoms with van der Waals surface area (Å²) in [6.45, 7) is -0.405. The van der Waals surface area contributed by atoms with Gasteiger partial charge < -0.3 is 9.84 Å². The zero-order chi connectivity index (χ0) is 15.4. The Bertz CT molecular complexity index is 660. The summed E-state index contributed by atoms with van der Waals surface area (Å²) in [7, 11) is 0. The van der Waals surface area contributed by atoms with Gasteiger partial charge in [0.05, 0.1) is 7.14 Å². The normalized spacial score (nSPS) is 10.2. The minimum atomic E-state index is -1.04. The predicted molar refractivity (Wildman–Crippen MR) is 94.9 cm³/mol. The van der Waals surface area contributed by atoms with E-state index in [0.29, 0.717) is 24.0 Å². The maximum absolute atomic E-state index is 12.4. The second-order valence-electron chi connectivity index (χ2n) is 4.15. The molecule has 0 aliphatic rings. The second kappa shape index (κ2) is 7.21. The zero-order valence-corrected chi connectivity index (χ0v) is 15.0. The second-order valence-corrected chi connectivity index (χ2v) is 6.47. The summed E-state index contributed by atoms with van der Waals surface area (Å²) >= 11 is 4.07. The number of carbonyl (C=O) groups excluding carboxylic acids is 1. The Morgan fingerprint density at radius 3 is 2.10 bits per heavy atom. The molecule has 0 saturated heterocycles. The number of hydrogen-bond donors (Lipinski definition) is 1. The lowest BCUT2D eigenvalue weighted by atomic mass is 10.0. The fourth-order valence-corrected chi connectivity index (χ4v) is 3.80. The van der Waals surface area contributed by atoms with Gasteiger partial charge in [-0.2, -0.15) is 0 Å². The molecular formula is C15H10I2O4. The minimum Gasteiger partial charge on any atom is -0.480 e. The van der Waals surface area contributed by atoms with Gasteiger partial charge in [0.15, 0.2) is 12.4 Å². The van der Waals surface area contributed by atoms with Gasteiger partial charge >= 0.3 is 5.97 Å². The summed E-state index contributed by atoms with van der Waals surface area (Å²) < 4.78 is 6.66. The van der Waals surface area contributed by atoms with Crippen LogP contribution in [0.5, 0.6) is 5.75 Å². The summed E-state index contributed by atoms with van der Waals surface area (Å²) in [6.07, 6.45) is 0. The third-order valence-corrected chi connectivity index (χ3v) is 4.24. The molecule has 0 aliphatic heterocycles. The average Bonchev–Trinajstić information content (AvgIpc) is 2.46. The van der Waals surface area contributed by atoms with Gasteiger partial charge in [-0.3, -0.25) is 4.79 Å². The highest BCUT2D eigenvalue weighted by molar-refractivity contribution is 14.1. The lowest BCUT2D eigenvalue weighted by molar-refractivity contribution is -0.139. The van der Waals surface area contributed by atoms with Crippen LogP contribution in [0.2, 0.25) is 0 Å². The van der Waals surface area contributed by atoms with Crippen LogP contribution >= 0.6 is 45.2 Å². The van der Waals surface area contributed by atoms with Crippen molar-refractivity contribution in [2.75, 3.05) is 6.61 Å². The van der Waals surface area contributed by atoms with Crippen molar-refractivity contribution in [1.29, 1.82) is 0 Å². The molecule has 0 heterocycles. The first-order chi connectivity index (χ1) is 9.99. The number of halogens is 2. The molecule has 1 N–H and O–H groups in total. The van der Waals surface area contributed by atoms with E-state index in [1.165, 1.54) is 0 Å². The van der Waals surface area contributed by atoms with Crippen LogP contribution in [-0.2, 0) is 4.79 Å². The first kappa shape index (κ1) is 16.2. The Labute approximate surface area is 148 Å². The van der Waals surface area contributed by atoms with E-state index in [4.69, 9.17) is 9.84 Å². The summed E-state index contributed by atoms with van der Waals surface area (Å²) in [5.41, 5.74) is 1.17. The molecule has 0 fully saturated rings. The van der Waals surface area contributed by atoms with Crippen LogP contribution in [0, 0.1) is 7.14 Å². The Kier molecular flexibility index (Phi) is 5.57. The van der Waals surface area contributed by atoms with Crippen molar-refractivity contribution in [3.8, 4) is 5.75 Å². The van der Waals surface area contributed by atoms with E-state index in [-0.39, 0.29) is 5.78 Å². The highest BCUT2D eigenvalue weighted by Gasteiger charge is 2.15. The van der Waals surface area contributed by atoms with E-state index in [1.807, 2.05) is 63.4 Å². The van der Waals surface area contributed by atoms with Crippen molar-refractivity contribution in [2.24, 2.45) is 0 Å². The highest BCUT2D eigenvalue weighted by Crippen LogP contribution is 2.29. The van der Waals surface area contributed by atoms with Crippen LogP contribution in [0.3, 0.4) is 0 Å². The maximum Gasteiger partial charge on any atom is 0.341 e. The number of carboxylic acids is 1. The molecule has 0 saturated carbocycles. The molecule has 21 heavy (non-hydrogen) atoms. The Morgan fingerprint density at radius 2 is 1.57 bits per heavy atom. The summed E-state index contributed by atoms with van der Waals surface area (Å²) in [5.74, 6) is -0.620. The largest absolute Gasteiger partial charge is 0.480 e. The monoisotopic (exact) mass is 508 g/mol. The Hall–Kier alpha value is -1.16. The van der Waals surface area contributed by atoms with Gasteiger partial charge in [0, 0.05) is 11.1 Å². The summed E-state index contributed by atoms with van der Waals surface area (Å²) in [6, 6.07) is 12.4. The van der Waals surface area contributed by atoms with Crippen LogP contribution < -0.4 is 4.74 Å². The first-order valence-electron chi connectivity index (χ1n) is 5.92. The topological polar surface area (TPSA) is 63.6 Å². The molecular weight excluding hydrogens is 498 g/mol. The van der Waals surface area contributed by atoms with Gasteiger partial charge in [-0.25, -0.2) is 4.79 Å². The standard InChI is InChI=1S/C15H10I2O4/c16-11-6-10(14(20)9-4-2-1-3-5-9)7-12(17)15(11)21-8-13(18)19/h1-7H,8H2,(H,18,19). The summed E-state index contributed by atoms with van der Waals surface area (Å²) in [4.78, 5) is 23.0. The van der Waals surface area contributed by atoms with E-state index in [2.05, 4.69) is 0 Å². The molecule has 0 radical (unpaired) electrons. The lowest BCUT2D eigenvalue weighted by Crippen LogP contribution is -2.11. The third kappa shape index (κ3) is 4.16. The van der Waals surface area contributed by atoms with Crippen LogP contribution in [0.15, 0.2) is 42.5 Å². The fraction of sp³-hybridized carbons (Fsp3) is 0.0667. The number of ketones is 1.